The molecular weight excluding hydrogens is 411 g/mol. The molecule has 0 spiro atoms. The Labute approximate surface area is 186 Å². The molecule has 1 aromatic carbocycles. The van der Waals surface area contributed by atoms with E-state index in [9.17, 15) is 14.3 Å². The van der Waals surface area contributed by atoms with Gasteiger partial charge in [0.05, 0.1) is 5.60 Å². The Morgan fingerprint density at radius 3 is 2.68 bits per heavy atom. The Morgan fingerprint density at radius 2 is 2.00 bits per heavy atom. The highest BCUT2D eigenvalue weighted by Gasteiger charge is 2.55. The number of carbonyl (C=O) groups excluding carboxylic acids is 1. The first-order chi connectivity index (χ1) is 14.5. The van der Waals surface area contributed by atoms with Gasteiger partial charge >= 0.3 is 0 Å². The van der Waals surface area contributed by atoms with Crippen molar-refractivity contribution in [3.8, 4) is 0 Å². The number of aliphatic hydroxyl groups is 1. The number of nitrogens with one attached hydrogen (secondary N) is 1. The van der Waals surface area contributed by atoms with Gasteiger partial charge in [-0.25, -0.2) is 4.39 Å². The maximum Gasteiger partial charge on any atom is 0.224 e. The number of carbonyl (C=O) groups is 1. The highest BCUT2D eigenvalue weighted by molar-refractivity contribution is 7.10. The standard InChI is InChI=1S/C24H25FN2O2S.CH4/c25-19-3-1-4-20-23(19)18(13-26-20)17(21-5-2-6-30-21)9-22(28)27-15-7-14-8-16(27)12-24(29,10-14)11-15;/h1-6,13-17,26,29H,7-12H2;1H4. The molecule has 2 aliphatic heterocycles. The maximum absolute atomic E-state index is 14.7. The topological polar surface area (TPSA) is 56.3 Å². The van der Waals surface area contributed by atoms with Crippen molar-refractivity contribution in [2.45, 2.75) is 69.6 Å². The third kappa shape index (κ3) is 3.31. The lowest BCUT2D eigenvalue weighted by Gasteiger charge is -2.59. The summed E-state index contributed by atoms with van der Waals surface area (Å²) in [5.74, 6) is 0.252. The van der Waals surface area contributed by atoms with Crippen LogP contribution in [0.4, 0.5) is 4.39 Å². The Hall–Kier alpha value is -2.18. The first-order valence-corrected chi connectivity index (χ1v) is 11.7. The van der Waals surface area contributed by atoms with Crippen molar-refractivity contribution in [1.29, 1.82) is 0 Å². The van der Waals surface area contributed by atoms with Crippen molar-refractivity contribution in [2.24, 2.45) is 5.92 Å². The predicted molar refractivity (Wildman–Crippen MR) is 122 cm³/mol. The van der Waals surface area contributed by atoms with Crippen molar-refractivity contribution in [1.82, 2.24) is 9.88 Å². The largest absolute Gasteiger partial charge is 0.390 e. The number of aromatic amines is 1. The normalized spacial score (nSPS) is 29.9. The zero-order chi connectivity index (χ0) is 20.5. The Kier molecular flexibility index (Phi) is 4.98. The van der Waals surface area contributed by atoms with Gasteiger partial charge in [-0.1, -0.05) is 19.6 Å². The second-order valence-electron chi connectivity index (χ2n) is 9.46. The lowest BCUT2D eigenvalue weighted by molar-refractivity contribution is -0.174. The summed E-state index contributed by atoms with van der Waals surface area (Å²) >= 11 is 1.61. The van der Waals surface area contributed by atoms with Crippen molar-refractivity contribution >= 4 is 28.1 Å². The van der Waals surface area contributed by atoms with Crippen LogP contribution in [0.3, 0.4) is 0 Å². The number of nitrogens with zero attached hydrogens (tertiary/aromatic N) is 1. The van der Waals surface area contributed by atoms with Gasteiger partial charge in [0.15, 0.2) is 0 Å². The second kappa shape index (κ2) is 7.45. The van der Waals surface area contributed by atoms with E-state index in [1.165, 1.54) is 6.07 Å². The molecule has 6 heteroatoms. The zero-order valence-corrected chi connectivity index (χ0v) is 17.5. The van der Waals surface area contributed by atoms with E-state index < -0.39 is 5.60 Å². The molecule has 2 aromatic heterocycles. The first-order valence-electron chi connectivity index (χ1n) is 10.8. The highest BCUT2D eigenvalue weighted by atomic mass is 32.1. The lowest BCUT2D eigenvalue weighted by Crippen LogP contribution is -2.65. The molecule has 2 aliphatic carbocycles. The fourth-order valence-corrected chi connectivity index (χ4v) is 7.41. The third-order valence-electron chi connectivity index (χ3n) is 7.51. The molecule has 4 fully saturated rings. The van der Waals surface area contributed by atoms with Crippen LogP contribution in [0.5, 0.6) is 0 Å². The van der Waals surface area contributed by atoms with E-state index in [-0.39, 0.29) is 37.2 Å². The number of rotatable bonds is 4. The van der Waals surface area contributed by atoms with E-state index in [1.54, 1.807) is 17.4 Å². The number of hydrogen-bond acceptors (Lipinski definition) is 3. The molecule has 4 nitrogen and oxygen atoms in total. The maximum atomic E-state index is 14.7. The average molecular weight is 441 g/mol. The third-order valence-corrected chi connectivity index (χ3v) is 8.50. The number of H-pyrrole nitrogens is 1. The van der Waals surface area contributed by atoms with Gasteiger partial charge in [0.2, 0.25) is 5.91 Å². The number of halogens is 1. The molecule has 1 amide bonds. The van der Waals surface area contributed by atoms with Gasteiger partial charge in [-0.2, -0.15) is 0 Å². The van der Waals surface area contributed by atoms with Crippen LogP contribution in [-0.2, 0) is 4.79 Å². The van der Waals surface area contributed by atoms with Crippen LogP contribution in [0.25, 0.3) is 10.9 Å². The molecule has 4 aliphatic rings. The van der Waals surface area contributed by atoms with Crippen LogP contribution in [0, 0.1) is 11.7 Å². The monoisotopic (exact) mass is 440 g/mol. The van der Waals surface area contributed by atoms with Crippen molar-refractivity contribution in [3.05, 3.63) is 58.2 Å². The fourth-order valence-electron chi connectivity index (χ4n) is 6.57. The van der Waals surface area contributed by atoms with E-state index in [0.29, 0.717) is 30.6 Å². The summed E-state index contributed by atoms with van der Waals surface area (Å²) in [6.07, 6.45) is 6.52. The SMILES string of the molecule is C.O=C(CC(c1cccs1)c1c[nH]c2cccc(F)c12)N1C2CC3CC1CC(O)(C3)C2. The minimum atomic E-state index is -0.569. The van der Waals surface area contributed by atoms with Crippen LogP contribution in [0.15, 0.2) is 41.9 Å². The van der Waals surface area contributed by atoms with E-state index >= 15 is 0 Å². The number of hydrogen-bond donors (Lipinski definition) is 2. The summed E-state index contributed by atoms with van der Waals surface area (Å²) in [5.41, 5.74) is 1.04. The molecule has 3 unspecified atom stereocenters. The summed E-state index contributed by atoms with van der Waals surface area (Å²) in [6.45, 7) is 0. The van der Waals surface area contributed by atoms with Crippen LogP contribution < -0.4 is 0 Å². The van der Waals surface area contributed by atoms with E-state index in [2.05, 4.69) is 9.88 Å². The average Bonchev–Trinajstić information content (AvgIpc) is 3.35. The van der Waals surface area contributed by atoms with E-state index in [0.717, 1.165) is 35.2 Å². The minimum Gasteiger partial charge on any atom is -0.390 e. The molecule has 0 radical (unpaired) electrons. The molecule has 2 N–H and O–H groups in total. The van der Waals surface area contributed by atoms with Crippen LogP contribution in [0.1, 0.15) is 62.3 Å². The number of aromatic nitrogens is 1. The van der Waals surface area contributed by atoms with Crippen LogP contribution in [0.2, 0.25) is 0 Å². The lowest BCUT2D eigenvalue weighted by atomic mass is 9.61. The highest BCUT2D eigenvalue weighted by Crippen LogP contribution is 2.52. The number of amides is 1. The number of benzene rings is 1. The Morgan fingerprint density at radius 1 is 1.23 bits per heavy atom. The smallest absolute Gasteiger partial charge is 0.224 e. The van der Waals surface area contributed by atoms with E-state index in [4.69, 9.17) is 0 Å². The van der Waals surface area contributed by atoms with Gasteiger partial charge < -0.3 is 15.0 Å². The number of fused-ring (bicyclic) bond motifs is 1. The molecule has 3 atom stereocenters. The molecule has 2 saturated heterocycles. The van der Waals surface area contributed by atoms with Crippen molar-refractivity contribution in [2.75, 3.05) is 0 Å². The van der Waals surface area contributed by atoms with E-state index in [1.807, 2.05) is 29.8 Å². The molecular formula is C25H29FN2O2S. The molecule has 2 saturated carbocycles. The van der Waals surface area contributed by atoms with Crippen LogP contribution >= 0.6 is 11.3 Å². The quantitative estimate of drug-likeness (QED) is 0.568. The molecule has 164 valence electrons. The molecule has 31 heavy (non-hydrogen) atoms. The summed E-state index contributed by atoms with van der Waals surface area (Å²) in [4.78, 5) is 20.0. The Balaban J connectivity index is 0.00000204. The van der Waals surface area contributed by atoms with Crippen molar-refractivity contribution in [3.63, 3.8) is 0 Å². The first kappa shape index (κ1) is 20.7. The summed E-state index contributed by atoms with van der Waals surface area (Å²) in [7, 11) is 0. The van der Waals surface area contributed by atoms with Gasteiger partial charge in [-0.15, -0.1) is 11.3 Å². The number of piperidine rings is 2. The minimum absolute atomic E-state index is 0. The van der Waals surface area contributed by atoms with Gasteiger partial charge in [0, 0.05) is 46.4 Å². The summed E-state index contributed by atoms with van der Waals surface area (Å²) < 4.78 is 14.7. The van der Waals surface area contributed by atoms with Crippen molar-refractivity contribution < 1.29 is 14.3 Å². The molecule has 3 aromatic rings. The van der Waals surface area contributed by atoms with Crippen LogP contribution in [-0.4, -0.2) is 38.6 Å². The van der Waals surface area contributed by atoms with Gasteiger partial charge in [-0.05, 0) is 67.2 Å². The number of thiophene rings is 1. The van der Waals surface area contributed by atoms with Gasteiger partial charge in [-0.3, -0.25) is 4.79 Å². The predicted octanol–water partition coefficient (Wildman–Crippen LogP) is 5.43. The fraction of sp³-hybridized carbons (Fsp3) is 0.480. The molecule has 4 bridgehead atoms. The summed E-state index contributed by atoms with van der Waals surface area (Å²) in [6, 6.07) is 9.38. The van der Waals surface area contributed by atoms with Gasteiger partial charge in [0.1, 0.15) is 5.82 Å². The summed E-state index contributed by atoms with van der Waals surface area (Å²) in [5, 5.41) is 13.4. The Bertz CT molecular complexity index is 1090. The zero-order valence-electron chi connectivity index (χ0n) is 16.7. The molecule has 7 rings (SSSR count). The molecule has 4 heterocycles. The second-order valence-corrected chi connectivity index (χ2v) is 10.4. The van der Waals surface area contributed by atoms with Gasteiger partial charge in [0.25, 0.3) is 0 Å².